The minimum atomic E-state index is -4.34. The first-order chi connectivity index (χ1) is 6.29. The molecule has 0 radical (unpaired) electrons. The molecule has 78 valence electrons. The fourth-order valence-electron chi connectivity index (χ4n) is 0.910. The Kier molecular flexibility index (Phi) is 2.70. The molecule has 0 unspecified atom stereocenters. The SMILES string of the molecule is Nc1cc(CC(F)(F)F)sc1C(=O)O. The fourth-order valence-corrected chi connectivity index (χ4v) is 1.86. The summed E-state index contributed by atoms with van der Waals surface area (Å²) < 4.78 is 35.7. The first-order valence-electron chi connectivity index (χ1n) is 3.48. The van der Waals surface area contributed by atoms with Crippen molar-refractivity contribution >= 4 is 23.0 Å². The van der Waals surface area contributed by atoms with E-state index in [0.717, 1.165) is 6.07 Å². The van der Waals surface area contributed by atoms with Crippen LogP contribution in [0.4, 0.5) is 18.9 Å². The van der Waals surface area contributed by atoms with E-state index in [1.807, 2.05) is 0 Å². The summed E-state index contributed by atoms with van der Waals surface area (Å²) in [6.45, 7) is 0. The highest BCUT2D eigenvalue weighted by Gasteiger charge is 2.29. The van der Waals surface area contributed by atoms with Crippen LogP contribution in [0.15, 0.2) is 6.07 Å². The topological polar surface area (TPSA) is 63.3 Å². The van der Waals surface area contributed by atoms with Crippen molar-refractivity contribution in [1.29, 1.82) is 0 Å². The summed E-state index contributed by atoms with van der Waals surface area (Å²) in [6, 6.07) is 1.04. The average molecular weight is 225 g/mol. The van der Waals surface area contributed by atoms with Gasteiger partial charge in [-0.3, -0.25) is 0 Å². The largest absolute Gasteiger partial charge is 0.477 e. The Morgan fingerprint density at radius 3 is 2.50 bits per heavy atom. The quantitative estimate of drug-likeness (QED) is 0.810. The summed E-state index contributed by atoms with van der Waals surface area (Å²) in [5.74, 6) is -1.30. The number of hydrogen-bond acceptors (Lipinski definition) is 3. The van der Waals surface area contributed by atoms with Crippen molar-refractivity contribution in [1.82, 2.24) is 0 Å². The van der Waals surface area contributed by atoms with Gasteiger partial charge in [-0.05, 0) is 6.07 Å². The van der Waals surface area contributed by atoms with E-state index in [4.69, 9.17) is 10.8 Å². The molecule has 1 aromatic heterocycles. The maximum Gasteiger partial charge on any atom is 0.393 e. The number of thiophene rings is 1. The smallest absolute Gasteiger partial charge is 0.393 e. The third kappa shape index (κ3) is 2.63. The zero-order chi connectivity index (χ0) is 10.9. The fraction of sp³-hybridized carbons (Fsp3) is 0.286. The summed E-state index contributed by atoms with van der Waals surface area (Å²) in [5.41, 5.74) is 5.10. The van der Waals surface area contributed by atoms with Crippen molar-refractivity contribution in [3.05, 3.63) is 15.8 Å². The number of halogens is 3. The molecule has 0 aliphatic carbocycles. The van der Waals surface area contributed by atoms with Crippen molar-refractivity contribution in [3.8, 4) is 0 Å². The maximum absolute atomic E-state index is 11.9. The Morgan fingerprint density at radius 1 is 1.57 bits per heavy atom. The van der Waals surface area contributed by atoms with Gasteiger partial charge in [0.15, 0.2) is 0 Å². The van der Waals surface area contributed by atoms with E-state index in [2.05, 4.69) is 0 Å². The van der Waals surface area contributed by atoms with Crippen LogP contribution in [0.1, 0.15) is 14.5 Å². The summed E-state index contributed by atoms with van der Waals surface area (Å²) >= 11 is 0.550. The van der Waals surface area contributed by atoms with E-state index >= 15 is 0 Å². The number of nitrogens with two attached hydrogens (primary N) is 1. The molecule has 1 rings (SSSR count). The Bertz CT molecular complexity index is 358. The molecule has 0 aliphatic heterocycles. The summed E-state index contributed by atoms with van der Waals surface area (Å²) in [5, 5.41) is 8.53. The van der Waals surface area contributed by atoms with E-state index in [1.165, 1.54) is 0 Å². The highest BCUT2D eigenvalue weighted by molar-refractivity contribution is 7.14. The van der Waals surface area contributed by atoms with Crippen molar-refractivity contribution in [3.63, 3.8) is 0 Å². The number of carbonyl (C=O) groups is 1. The molecule has 7 heteroatoms. The van der Waals surface area contributed by atoms with Gasteiger partial charge in [-0.1, -0.05) is 0 Å². The molecule has 14 heavy (non-hydrogen) atoms. The zero-order valence-electron chi connectivity index (χ0n) is 6.76. The Hall–Kier alpha value is -1.24. The molecule has 0 saturated heterocycles. The third-order valence-corrected chi connectivity index (χ3v) is 2.52. The molecule has 0 amide bonds. The number of carboxylic acid groups (broad SMARTS) is 1. The summed E-state index contributed by atoms with van der Waals surface area (Å²) in [7, 11) is 0. The molecule has 0 saturated carbocycles. The molecule has 1 aromatic rings. The molecule has 0 atom stereocenters. The van der Waals surface area contributed by atoms with Gasteiger partial charge >= 0.3 is 12.1 Å². The Labute approximate surface area is 81.0 Å². The number of anilines is 1. The molecule has 1 heterocycles. The normalized spacial score (nSPS) is 11.6. The number of rotatable bonds is 2. The van der Waals surface area contributed by atoms with Gasteiger partial charge in [0.05, 0.1) is 12.1 Å². The lowest BCUT2D eigenvalue weighted by Crippen LogP contribution is -2.10. The van der Waals surface area contributed by atoms with Gasteiger partial charge in [-0.2, -0.15) is 13.2 Å². The highest BCUT2D eigenvalue weighted by Crippen LogP contribution is 2.30. The van der Waals surface area contributed by atoms with Crippen LogP contribution >= 0.6 is 11.3 Å². The second kappa shape index (κ2) is 3.49. The van der Waals surface area contributed by atoms with Crippen LogP contribution < -0.4 is 5.73 Å². The van der Waals surface area contributed by atoms with E-state index in [0.29, 0.717) is 11.3 Å². The summed E-state index contributed by atoms with van der Waals surface area (Å²) in [4.78, 5) is 10.1. The summed E-state index contributed by atoms with van der Waals surface area (Å²) in [6.07, 6.45) is -5.48. The van der Waals surface area contributed by atoms with Crippen LogP contribution in [-0.4, -0.2) is 17.3 Å². The predicted molar refractivity (Wildman–Crippen MR) is 45.4 cm³/mol. The third-order valence-electron chi connectivity index (χ3n) is 1.38. The van der Waals surface area contributed by atoms with Crippen LogP contribution in [-0.2, 0) is 6.42 Å². The molecule has 0 aliphatic rings. The second-order valence-corrected chi connectivity index (χ2v) is 3.73. The maximum atomic E-state index is 11.9. The van der Waals surface area contributed by atoms with Gasteiger partial charge in [0.2, 0.25) is 0 Å². The van der Waals surface area contributed by atoms with E-state index in [-0.39, 0.29) is 15.4 Å². The monoisotopic (exact) mass is 225 g/mol. The van der Waals surface area contributed by atoms with Crippen molar-refractivity contribution in [2.24, 2.45) is 0 Å². The first kappa shape index (κ1) is 10.8. The predicted octanol–water partition coefficient (Wildman–Crippen LogP) is 2.13. The number of alkyl halides is 3. The highest BCUT2D eigenvalue weighted by atomic mass is 32.1. The average Bonchev–Trinajstić information content (AvgIpc) is 2.26. The lowest BCUT2D eigenvalue weighted by molar-refractivity contribution is -0.126. The molecule has 0 fully saturated rings. The van der Waals surface area contributed by atoms with Gasteiger partial charge in [0.1, 0.15) is 4.88 Å². The number of hydrogen-bond donors (Lipinski definition) is 2. The van der Waals surface area contributed by atoms with Crippen LogP contribution in [0.25, 0.3) is 0 Å². The molecular weight excluding hydrogens is 219 g/mol. The lowest BCUT2D eigenvalue weighted by atomic mass is 10.3. The molecule has 0 aromatic carbocycles. The first-order valence-corrected chi connectivity index (χ1v) is 4.29. The zero-order valence-corrected chi connectivity index (χ0v) is 7.58. The van der Waals surface area contributed by atoms with Gasteiger partial charge in [0.25, 0.3) is 0 Å². The number of carboxylic acids is 1. The van der Waals surface area contributed by atoms with Crippen LogP contribution in [0.2, 0.25) is 0 Å². The van der Waals surface area contributed by atoms with Gasteiger partial charge in [0, 0.05) is 4.88 Å². The molecule has 3 N–H and O–H groups in total. The molecular formula is C7H6F3NO2S. The Morgan fingerprint density at radius 2 is 2.14 bits per heavy atom. The van der Waals surface area contributed by atoms with Crippen LogP contribution in [0.5, 0.6) is 0 Å². The van der Waals surface area contributed by atoms with E-state index in [9.17, 15) is 18.0 Å². The van der Waals surface area contributed by atoms with Crippen molar-refractivity contribution in [2.45, 2.75) is 12.6 Å². The van der Waals surface area contributed by atoms with Crippen LogP contribution in [0, 0.1) is 0 Å². The minimum absolute atomic E-state index is 0.0904. The second-order valence-electron chi connectivity index (χ2n) is 2.59. The van der Waals surface area contributed by atoms with Gasteiger partial charge in [-0.25, -0.2) is 4.79 Å². The minimum Gasteiger partial charge on any atom is -0.477 e. The van der Waals surface area contributed by atoms with Crippen LogP contribution in [0.3, 0.4) is 0 Å². The van der Waals surface area contributed by atoms with Gasteiger partial charge in [-0.15, -0.1) is 11.3 Å². The van der Waals surface area contributed by atoms with Crippen molar-refractivity contribution < 1.29 is 23.1 Å². The Balaban J connectivity index is 2.92. The molecule has 0 bridgehead atoms. The molecule has 0 spiro atoms. The molecule has 3 nitrogen and oxygen atoms in total. The van der Waals surface area contributed by atoms with Crippen molar-refractivity contribution in [2.75, 3.05) is 5.73 Å². The van der Waals surface area contributed by atoms with Gasteiger partial charge < -0.3 is 10.8 Å². The number of nitrogen functional groups attached to an aromatic ring is 1. The van der Waals surface area contributed by atoms with E-state index in [1.54, 1.807) is 0 Å². The van der Waals surface area contributed by atoms with E-state index < -0.39 is 18.6 Å². The number of aromatic carboxylic acids is 1. The standard InChI is InChI=1S/C7H6F3NO2S/c8-7(9,10)2-3-1-4(11)5(14-3)6(12)13/h1H,2,11H2,(H,12,13). The lowest BCUT2D eigenvalue weighted by Gasteiger charge is -2.01.